The Morgan fingerprint density at radius 2 is 1.78 bits per heavy atom. The third-order valence-electron chi connectivity index (χ3n) is 2.61. The standard InChI is InChI=1S/C13H14Cl3N3O3S/c1-2-9(20)18-11(13(14,15)16)19-12(23)17-8-5-3-7(4-6-8)10(21)22/h3-6,11H,2H2,1H3,(H,18,20)(H,21,22)(H2,17,19,23)/p-1/t11-/m0/s1. The fraction of sp³-hybridized carbons (Fsp3) is 0.308. The lowest BCUT2D eigenvalue weighted by atomic mass is 10.2. The van der Waals surface area contributed by atoms with Crippen molar-refractivity contribution in [3.63, 3.8) is 0 Å². The van der Waals surface area contributed by atoms with E-state index < -0.39 is 15.9 Å². The SMILES string of the molecule is CCC(=O)N[C@@H](NC(=S)Nc1ccc(C(=O)[O-])cc1)C(Cl)(Cl)Cl. The summed E-state index contributed by atoms with van der Waals surface area (Å²) < 4.78 is -1.82. The van der Waals surface area contributed by atoms with Crippen molar-refractivity contribution >= 4 is 69.7 Å². The van der Waals surface area contributed by atoms with E-state index in [2.05, 4.69) is 16.0 Å². The molecular formula is C13H13Cl3N3O3S-. The maximum absolute atomic E-state index is 11.5. The molecule has 0 saturated heterocycles. The van der Waals surface area contributed by atoms with Gasteiger partial charge in [-0.3, -0.25) is 4.79 Å². The Balaban J connectivity index is 2.71. The van der Waals surface area contributed by atoms with Crippen LogP contribution in [-0.4, -0.2) is 26.9 Å². The molecule has 0 aliphatic heterocycles. The van der Waals surface area contributed by atoms with Crippen molar-refractivity contribution < 1.29 is 14.7 Å². The van der Waals surface area contributed by atoms with Crippen molar-refractivity contribution in [3.05, 3.63) is 29.8 Å². The molecule has 0 aliphatic rings. The van der Waals surface area contributed by atoms with Crippen molar-refractivity contribution in [2.24, 2.45) is 0 Å². The fourth-order valence-electron chi connectivity index (χ4n) is 1.45. The second-order valence-corrected chi connectivity index (χ2v) is 7.14. The van der Waals surface area contributed by atoms with Gasteiger partial charge in [0.15, 0.2) is 5.11 Å². The first-order valence-corrected chi connectivity index (χ1v) is 7.92. The lowest BCUT2D eigenvalue weighted by Gasteiger charge is -2.27. The summed E-state index contributed by atoms with van der Waals surface area (Å²) in [6, 6.07) is 5.69. The van der Waals surface area contributed by atoms with Crippen molar-refractivity contribution in [2.75, 3.05) is 5.32 Å². The number of nitrogens with one attached hydrogen (secondary N) is 3. The zero-order valence-corrected chi connectivity index (χ0v) is 14.9. The summed E-state index contributed by atoms with van der Waals surface area (Å²) in [4.78, 5) is 22.1. The highest BCUT2D eigenvalue weighted by atomic mass is 35.6. The van der Waals surface area contributed by atoms with Gasteiger partial charge in [0, 0.05) is 12.1 Å². The monoisotopic (exact) mass is 396 g/mol. The molecule has 1 aromatic rings. The van der Waals surface area contributed by atoms with Crippen LogP contribution in [0.3, 0.4) is 0 Å². The number of hydrogen-bond donors (Lipinski definition) is 3. The van der Waals surface area contributed by atoms with Gasteiger partial charge in [-0.2, -0.15) is 0 Å². The quantitative estimate of drug-likeness (QED) is 0.397. The number of hydrogen-bond acceptors (Lipinski definition) is 4. The normalized spacial score (nSPS) is 12.2. The predicted molar refractivity (Wildman–Crippen MR) is 92.6 cm³/mol. The van der Waals surface area contributed by atoms with Gasteiger partial charge in [0.25, 0.3) is 0 Å². The average Bonchev–Trinajstić information content (AvgIpc) is 2.45. The van der Waals surface area contributed by atoms with Gasteiger partial charge < -0.3 is 25.9 Å². The number of alkyl halides is 3. The largest absolute Gasteiger partial charge is 0.545 e. The number of amides is 1. The second kappa shape index (κ2) is 8.54. The van der Waals surface area contributed by atoms with Crippen LogP contribution in [0.1, 0.15) is 23.7 Å². The molecule has 1 atom stereocenters. The average molecular weight is 398 g/mol. The molecule has 6 nitrogen and oxygen atoms in total. The molecule has 10 heteroatoms. The molecule has 0 aromatic heterocycles. The van der Waals surface area contributed by atoms with Crippen LogP contribution in [0.15, 0.2) is 24.3 Å². The summed E-state index contributed by atoms with van der Waals surface area (Å²) in [5.41, 5.74) is 0.543. The third kappa shape index (κ3) is 6.78. The van der Waals surface area contributed by atoms with E-state index in [0.29, 0.717) is 5.69 Å². The molecule has 1 aromatic carbocycles. The highest BCUT2D eigenvalue weighted by Gasteiger charge is 2.34. The highest BCUT2D eigenvalue weighted by Crippen LogP contribution is 2.29. The minimum absolute atomic E-state index is 0.0313. The van der Waals surface area contributed by atoms with E-state index in [4.69, 9.17) is 47.0 Å². The molecule has 0 heterocycles. The first-order chi connectivity index (χ1) is 10.6. The number of benzene rings is 1. The van der Waals surface area contributed by atoms with Crippen LogP contribution in [0, 0.1) is 0 Å². The van der Waals surface area contributed by atoms with E-state index in [9.17, 15) is 14.7 Å². The van der Waals surface area contributed by atoms with Crippen molar-refractivity contribution in [3.8, 4) is 0 Å². The molecule has 0 unspecified atom stereocenters. The molecule has 126 valence electrons. The molecule has 0 saturated carbocycles. The number of carboxylic acids is 1. The van der Waals surface area contributed by atoms with Crippen LogP contribution in [0.25, 0.3) is 0 Å². The molecule has 0 spiro atoms. The number of carbonyl (C=O) groups excluding carboxylic acids is 2. The van der Waals surface area contributed by atoms with E-state index in [1.165, 1.54) is 24.3 Å². The Morgan fingerprint density at radius 1 is 1.22 bits per heavy atom. The minimum Gasteiger partial charge on any atom is -0.545 e. The molecule has 1 rings (SSSR count). The van der Waals surface area contributed by atoms with Gasteiger partial charge in [0.05, 0.1) is 5.97 Å². The van der Waals surface area contributed by atoms with Crippen LogP contribution in [0.5, 0.6) is 0 Å². The number of halogens is 3. The lowest BCUT2D eigenvalue weighted by Crippen LogP contribution is -2.56. The van der Waals surface area contributed by atoms with Crippen LogP contribution in [0.2, 0.25) is 0 Å². The first kappa shape index (κ1) is 19.8. The topological polar surface area (TPSA) is 93.3 Å². The summed E-state index contributed by atoms with van der Waals surface area (Å²) in [5, 5.41) is 18.7. The highest BCUT2D eigenvalue weighted by molar-refractivity contribution is 7.80. The molecule has 1 amide bonds. The van der Waals surface area contributed by atoms with Crippen molar-refractivity contribution in [2.45, 2.75) is 23.3 Å². The van der Waals surface area contributed by atoms with Crippen molar-refractivity contribution in [1.29, 1.82) is 0 Å². The Labute approximate surface area is 153 Å². The van der Waals surface area contributed by atoms with Gasteiger partial charge in [-0.25, -0.2) is 0 Å². The molecule has 23 heavy (non-hydrogen) atoms. The zero-order chi connectivity index (χ0) is 17.6. The minimum atomic E-state index is -1.82. The van der Waals surface area contributed by atoms with E-state index in [-0.39, 0.29) is 23.0 Å². The van der Waals surface area contributed by atoms with E-state index in [1.807, 2.05) is 0 Å². The van der Waals surface area contributed by atoms with Crippen LogP contribution in [0.4, 0.5) is 5.69 Å². The summed E-state index contributed by atoms with van der Waals surface area (Å²) in [7, 11) is 0. The van der Waals surface area contributed by atoms with Crippen LogP contribution < -0.4 is 21.1 Å². The fourth-order valence-corrected chi connectivity index (χ4v) is 2.01. The maximum atomic E-state index is 11.5. The Kier molecular flexibility index (Phi) is 7.34. The smallest absolute Gasteiger partial charge is 0.228 e. The Bertz CT molecular complexity index is 590. The van der Waals surface area contributed by atoms with Gasteiger partial charge >= 0.3 is 0 Å². The number of carbonyl (C=O) groups is 2. The second-order valence-electron chi connectivity index (χ2n) is 4.36. The van der Waals surface area contributed by atoms with Gasteiger partial charge in [0.2, 0.25) is 9.70 Å². The van der Waals surface area contributed by atoms with Crippen molar-refractivity contribution in [1.82, 2.24) is 10.6 Å². The molecule has 0 fully saturated rings. The van der Waals surface area contributed by atoms with Gasteiger partial charge in [-0.05, 0) is 29.9 Å². The van der Waals surface area contributed by atoms with Crippen LogP contribution >= 0.6 is 47.0 Å². The van der Waals surface area contributed by atoms with E-state index in [1.54, 1.807) is 6.92 Å². The Morgan fingerprint density at radius 3 is 2.22 bits per heavy atom. The predicted octanol–water partition coefficient (Wildman–Crippen LogP) is 1.56. The summed E-state index contributed by atoms with van der Waals surface area (Å²) >= 11 is 22.5. The van der Waals surface area contributed by atoms with Crippen LogP contribution in [-0.2, 0) is 4.79 Å². The number of thiocarbonyl (C=S) groups is 1. The van der Waals surface area contributed by atoms with Gasteiger partial charge in [0.1, 0.15) is 6.17 Å². The molecule has 0 aliphatic carbocycles. The molecule has 3 N–H and O–H groups in total. The molecular weight excluding hydrogens is 385 g/mol. The number of rotatable bonds is 5. The summed E-state index contributed by atoms with van der Waals surface area (Å²) in [5.74, 6) is -1.61. The number of carboxylic acid groups (broad SMARTS) is 1. The van der Waals surface area contributed by atoms with Gasteiger partial charge in [-0.15, -0.1) is 0 Å². The lowest BCUT2D eigenvalue weighted by molar-refractivity contribution is -0.255. The summed E-state index contributed by atoms with van der Waals surface area (Å²) in [6.07, 6.45) is -0.827. The summed E-state index contributed by atoms with van der Waals surface area (Å²) in [6.45, 7) is 1.65. The third-order valence-corrected chi connectivity index (χ3v) is 3.48. The molecule has 0 bridgehead atoms. The zero-order valence-electron chi connectivity index (χ0n) is 11.9. The molecule has 0 radical (unpaired) electrons. The van der Waals surface area contributed by atoms with Gasteiger partial charge in [-0.1, -0.05) is 53.9 Å². The number of aromatic carboxylic acids is 1. The number of anilines is 1. The van der Waals surface area contributed by atoms with E-state index in [0.717, 1.165) is 0 Å². The maximum Gasteiger partial charge on any atom is 0.228 e. The Hall–Kier alpha value is -1.28. The first-order valence-electron chi connectivity index (χ1n) is 6.38. The van der Waals surface area contributed by atoms with E-state index >= 15 is 0 Å².